The van der Waals surface area contributed by atoms with Crippen LogP contribution in [-0.2, 0) is 10.0 Å². The van der Waals surface area contributed by atoms with Crippen molar-refractivity contribution in [3.05, 3.63) is 11.8 Å². The number of H-pyrrole nitrogens is 1. The van der Waals surface area contributed by atoms with Gasteiger partial charge >= 0.3 is 5.97 Å². The minimum Gasteiger partial charge on any atom is -0.478 e. The van der Waals surface area contributed by atoms with Gasteiger partial charge in [0.25, 0.3) is 10.0 Å². The van der Waals surface area contributed by atoms with Crippen LogP contribution >= 0.6 is 0 Å². The third-order valence-electron chi connectivity index (χ3n) is 2.94. The fourth-order valence-electron chi connectivity index (χ4n) is 1.74. The number of carboxylic acids is 1. The number of rotatable bonds is 6. The molecule has 0 aliphatic heterocycles. The molecule has 0 unspecified atom stereocenters. The van der Waals surface area contributed by atoms with E-state index < -0.39 is 16.0 Å². The minimum atomic E-state index is -3.80. The SMILES string of the molecule is CCN(CC1CC1)S(=O)(=O)c1[nH]ncc1C(=O)O. The molecular weight excluding hydrogens is 258 g/mol. The van der Waals surface area contributed by atoms with Gasteiger partial charge in [-0.15, -0.1) is 0 Å². The molecule has 1 aromatic rings. The number of hydrogen-bond acceptors (Lipinski definition) is 4. The largest absolute Gasteiger partial charge is 0.478 e. The molecule has 100 valence electrons. The van der Waals surface area contributed by atoms with Gasteiger partial charge < -0.3 is 5.11 Å². The fourth-order valence-corrected chi connectivity index (χ4v) is 3.33. The molecule has 1 aromatic heterocycles. The van der Waals surface area contributed by atoms with Crippen LogP contribution in [0.4, 0.5) is 0 Å². The van der Waals surface area contributed by atoms with E-state index in [9.17, 15) is 13.2 Å². The second kappa shape index (κ2) is 4.69. The number of aromatic amines is 1. The molecule has 1 saturated carbocycles. The van der Waals surface area contributed by atoms with Gasteiger partial charge in [0.15, 0.2) is 5.03 Å². The molecular formula is C10H15N3O4S. The van der Waals surface area contributed by atoms with E-state index in [0.717, 1.165) is 19.0 Å². The lowest BCUT2D eigenvalue weighted by atomic mass is 10.4. The highest BCUT2D eigenvalue weighted by atomic mass is 32.2. The highest BCUT2D eigenvalue weighted by Gasteiger charge is 2.34. The lowest BCUT2D eigenvalue weighted by Gasteiger charge is -2.19. The van der Waals surface area contributed by atoms with Crippen molar-refractivity contribution in [2.45, 2.75) is 24.8 Å². The number of carboxylic acid groups (broad SMARTS) is 1. The highest BCUT2D eigenvalue weighted by Crippen LogP contribution is 2.31. The monoisotopic (exact) mass is 273 g/mol. The molecule has 2 N–H and O–H groups in total. The minimum absolute atomic E-state index is 0.316. The van der Waals surface area contributed by atoms with E-state index >= 15 is 0 Å². The van der Waals surface area contributed by atoms with Gasteiger partial charge in [0, 0.05) is 13.1 Å². The Morgan fingerprint density at radius 1 is 1.61 bits per heavy atom. The molecule has 18 heavy (non-hydrogen) atoms. The summed E-state index contributed by atoms with van der Waals surface area (Å²) in [6.07, 6.45) is 3.07. The molecule has 1 fully saturated rings. The Morgan fingerprint density at radius 3 is 2.78 bits per heavy atom. The Balaban J connectivity index is 2.33. The molecule has 0 spiro atoms. The third-order valence-corrected chi connectivity index (χ3v) is 4.86. The summed E-state index contributed by atoms with van der Waals surface area (Å²) in [6, 6.07) is 0. The summed E-state index contributed by atoms with van der Waals surface area (Å²) in [5.41, 5.74) is -0.316. The summed E-state index contributed by atoms with van der Waals surface area (Å²) in [7, 11) is -3.80. The smallest absolute Gasteiger partial charge is 0.340 e. The Labute approximate surface area is 105 Å². The predicted molar refractivity (Wildman–Crippen MR) is 62.7 cm³/mol. The van der Waals surface area contributed by atoms with Crippen molar-refractivity contribution in [2.75, 3.05) is 13.1 Å². The molecule has 0 amide bonds. The molecule has 0 radical (unpaired) electrons. The first-order valence-electron chi connectivity index (χ1n) is 5.73. The molecule has 7 nitrogen and oxygen atoms in total. The van der Waals surface area contributed by atoms with Gasteiger partial charge in [-0.1, -0.05) is 6.92 Å². The number of sulfonamides is 1. The van der Waals surface area contributed by atoms with Gasteiger partial charge in [-0.2, -0.15) is 9.40 Å². The molecule has 2 rings (SSSR count). The number of aromatic nitrogens is 2. The second-order valence-electron chi connectivity index (χ2n) is 4.32. The van der Waals surface area contributed by atoms with Crippen LogP contribution in [0.2, 0.25) is 0 Å². The van der Waals surface area contributed by atoms with E-state index in [0.29, 0.717) is 19.0 Å². The van der Waals surface area contributed by atoms with Crippen LogP contribution in [0.25, 0.3) is 0 Å². The Bertz CT molecular complexity index is 547. The van der Waals surface area contributed by atoms with Gasteiger partial charge in [-0.05, 0) is 18.8 Å². The number of hydrogen-bond donors (Lipinski definition) is 2. The zero-order valence-electron chi connectivity index (χ0n) is 9.96. The van der Waals surface area contributed by atoms with Gasteiger partial charge in [-0.25, -0.2) is 13.2 Å². The topological polar surface area (TPSA) is 103 Å². The van der Waals surface area contributed by atoms with Crippen LogP contribution in [0.5, 0.6) is 0 Å². The van der Waals surface area contributed by atoms with Crippen molar-refractivity contribution in [2.24, 2.45) is 5.92 Å². The van der Waals surface area contributed by atoms with Crippen LogP contribution in [0, 0.1) is 5.92 Å². The first-order chi connectivity index (χ1) is 8.46. The Hall–Kier alpha value is -1.41. The molecule has 0 saturated heterocycles. The summed E-state index contributed by atoms with van der Waals surface area (Å²) in [5, 5.41) is 14.4. The first kappa shape index (κ1) is 13.0. The van der Waals surface area contributed by atoms with Crippen molar-refractivity contribution in [3.8, 4) is 0 Å². The van der Waals surface area contributed by atoms with Crippen molar-refractivity contribution < 1.29 is 18.3 Å². The van der Waals surface area contributed by atoms with Crippen molar-refractivity contribution >= 4 is 16.0 Å². The highest BCUT2D eigenvalue weighted by molar-refractivity contribution is 7.89. The summed E-state index contributed by atoms with van der Waals surface area (Å²) < 4.78 is 25.9. The lowest BCUT2D eigenvalue weighted by Crippen LogP contribution is -2.33. The van der Waals surface area contributed by atoms with E-state index in [1.807, 2.05) is 0 Å². The Kier molecular flexibility index (Phi) is 3.40. The lowest BCUT2D eigenvalue weighted by molar-refractivity contribution is 0.0692. The van der Waals surface area contributed by atoms with Crippen LogP contribution in [0.15, 0.2) is 11.2 Å². The zero-order valence-corrected chi connectivity index (χ0v) is 10.8. The summed E-state index contributed by atoms with van der Waals surface area (Å²) >= 11 is 0. The first-order valence-corrected chi connectivity index (χ1v) is 7.17. The molecule has 1 aliphatic rings. The molecule has 8 heteroatoms. The Morgan fingerprint density at radius 2 is 2.28 bits per heavy atom. The summed E-state index contributed by atoms with van der Waals surface area (Å²) in [6.45, 7) is 2.49. The number of nitrogens with zero attached hydrogens (tertiary/aromatic N) is 2. The molecule has 0 aromatic carbocycles. The maximum Gasteiger partial charge on any atom is 0.340 e. The normalized spacial score (nSPS) is 16.1. The predicted octanol–water partition coefficient (Wildman–Crippen LogP) is 0.528. The maximum absolute atomic E-state index is 12.3. The van der Waals surface area contributed by atoms with Crippen molar-refractivity contribution in [1.29, 1.82) is 0 Å². The summed E-state index contributed by atoms with van der Waals surface area (Å²) in [4.78, 5) is 10.9. The molecule has 1 aliphatic carbocycles. The number of carbonyl (C=O) groups is 1. The second-order valence-corrected chi connectivity index (χ2v) is 6.19. The van der Waals surface area contributed by atoms with E-state index in [2.05, 4.69) is 10.2 Å². The van der Waals surface area contributed by atoms with Gasteiger partial charge in [0.05, 0.1) is 6.20 Å². The third kappa shape index (κ3) is 2.39. The van der Waals surface area contributed by atoms with E-state index in [-0.39, 0.29) is 10.6 Å². The molecule has 0 bridgehead atoms. The number of aromatic carboxylic acids is 1. The van der Waals surface area contributed by atoms with Crippen molar-refractivity contribution in [3.63, 3.8) is 0 Å². The van der Waals surface area contributed by atoms with E-state index in [4.69, 9.17) is 5.11 Å². The molecule has 1 heterocycles. The number of nitrogens with one attached hydrogen (secondary N) is 1. The van der Waals surface area contributed by atoms with E-state index in [1.165, 1.54) is 4.31 Å². The molecule has 0 atom stereocenters. The van der Waals surface area contributed by atoms with Crippen LogP contribution in [0.1, 0.15) is 30.1 Å². The van der Waals surface area contributed by atoms with Crippen LogP contribution < -0.4 is 0 Å². The van der Waals surface area contributed by atoms with Crippen LogP contribution in [0.3, 0.4) is 0 Å². The van der Waals surface area contributed by atoms with Crippen LogP contribution in [-0.4, -0.2) is 47.1 Å². The average Bonchev–Trinajstić information content (AvgIpc) is 2.97. The fraction of sp³-hybridized carbons (Fsp3) is 0.600. The standard InChI is InChI=1S/C10H15N3O4S/c1-2-13(6-7-3-4-7)18(16,17)9-8(10(14)15)5-11-12-9/h5,7H,2-4,6H2,1H3,(H,11,12)(H,14,15). The maximum atomic E-state index is 12.3. The summed E-state index contributed by atoms with van der Waals surface area (Å²) in [5.74, 6) is -0.902. The van der Waals surface area contributed by atoms with Crippen molar-refractivity contribution in [1.82, 2.24) is 14.5 Å². The van der Waals surface area contributed by atoms with E-state index in [1.54, 1.807) is 6.92 Å². The quantitative estimate of drug-likeness (QED) is 0.786. The average molecular weight is 273 g/mol. The van der Waals surface area contributed by atoms with Gasteiger partial charge in [0.2, 0.25) is 0 Å². The zero-order chi connectivity index (χ0) is 13.3. The van der Waals surface area contributed by atoms with Gasteiger partial charge in [0.1, 0.15) is 5.56 Å². The van der Waals surface area contributed by atoms with Gasteiger partial charge in [-0.3, -0.25) is 5.10 Å².